The lowest BCUT2D eigenvalue weighted by Gasteiger charge is -1.99. The van der Waals surface area contributed by atoms with E-state index in [4.69, 9.17) is 23.2 Å². The second kappa shape index (κ2) is 7.78. The molecule has 25 heavy (non-hydrogen) atoms. The van der Waals surface area contributed by atoms with Crippen LogP contribution >= 0.6 is 34.5 Å². The Labute approximate surface area is 159 Å². The van der Waals surface area contributed by atoms with E-state index in [-0.39, 0.29) is 5.91 Å². The summed E-state index contributed by atoms with van der Waals surface area (Å²) in [6.07, 6.45) is 1.51. The van der Waals surface area contributed by atoms with Crippen LogP contribution in [0.5, 0.6) is 0 Å². The van der Waals surface area contributed by atoms with Crippen molar-refractivity contribution in [1.29, 1.82) is 0 Å². The lowest BCUT2D eigenvalue weighted by Crippen LogP contribution is -2.17. The highest BCUT2D eigenvalue weighted by Crippen LogP contribution is 2.27. The maximum absolute atomic E-state index is 12.3. The third-order valence-electron chi connectivity index (χ3n) is 3.35. The van der Waals surface area contributed by atoms with Crippen molar-refractivity contribution in [3.8, 4) is 10.6 Å². The van der Waals surface area contributed by atoms with Crippen LogP contribution in [0.3, 0.4) is 0 Å². The maximum Gasteiger partial charge on any atom is 0.283 e. The second-order valence-electron chi connectivity index (χ2n) is 5.17. The third-order valence-corrected chi connectivity index (χ3v) is 5.29. The molecule has 1 amide bonds. The molecule has 0 bridgehead atoms. The molecule has 2 aromatic carbocycles. The number of nitrogens with zero attached hydrogens (tertiary/aromatic N) is 2. The standard InChI is InChI=1S/C18H13Cl2N3OS/c1-11-16(25-18(22-11)13-5-3-2-4-6-13)17(24)23-21-10-12-7-8-14(19)15(20)9-12/h2-10H,1H3,(H,23,24)/b21-10+. The average molecular weight is 390 g/mol. The van der Waals surface area contributed by atoms with Crippen molar-refractivity contribution >= 4 is 46.7 Å². The van der Waals surface area contributed by atoms with Crippen LogP contribution in [0, 0.1) is 6.92 Å². The van der Waals surface area contributed by atoms with Gasteiger partial charge in [-0.25, -0.2) is 10.4 Å². The summed E-state index contributed by atoms with van der Waals surface area (Å²) in [5.41, 5.74) is 4.90. The van der Waals surface area contributed by atoms with Crippen LogP contribution in [0.4, 0.5) is 0 Å². The maximum atomic E-state index is 12.3. The summed E-state index contributed by atoms with van der Waals surface area (Å²) in [5.74, 6) is -0.298. The number of aromatic nitrogens is 1. The van der Waals surface area contributed by atoms with Gasteiger partial charge in [-0.15, -0.1) is 11.3 Å². The fraction of sp³-hybridized carbons (Fsp3) is 0.0556. The molecule has 3 rings (SSSR count). The first-order chi connectivity index (χ1) is 12.0. The Morgan fingerprint density at radius 1 is 1.16 bits per heavy atom. The zero-order chi connectivity index (χ0) is 17.8. The van der Waals surface area contributed by atoms with Gasteiger partial charge in [0.2, 0.25) is 0 Å². The lowest BCUT2D eigenvalue weighted by atomic mass is 10.2. The number of aryl methyl sites for hydroxylation is 1. The molecule has 0 aliphatic rings. The summed E-state index contributed by atoms with van der Waals surface area (Å²) >= 11 is 13.1. The second-order valence-corrected chi connectivity index (χ2v) is 6.99. The molecule has 0 aliphatic carbocycles. The van der Waals surface area contributed by atoms with Gasteiger partial charge in [-0.05, 0) is 24.6 Å². The van der Waals surface area contributed by atoms with Gasteiger partial charge in [0, 0.05) is 5.56 Å². The number of hydrazone groups is 1. The zero-order valence-corrected chi connectivity index (χ0v) is 15.5. The fourth-order valence-electron chi connectivity index (χ4n) is 2.12. The van der Waals surface area contributed by atoms with Crippen LogP contribution in [-0.2, 0) is 0 Å². The number of hydrogen-bond acceptors (Lipinski definition) is 4. The van der Waals surface area contributed by atoms with Crippen molar-refractivity contribution in [2.24, 2.45) is 5.10 Å². The molecule has 1 heterocycles. The van der Waals surface area contributed by atoms with E-state index in [1.807, 2.05) is 30.3 Å². The molecule has 4 nitrogen and oxygen atoms in total. The van der Waals surface area contributed by atoms with Crippen LogP contribution in [0.25, 0.3) is 10.6 Å². The molecule has 0 atom stereocenters. The Hall–Kier alpha value is -2.21. The van der Waals surface area contributed by atoms with Gasteiger partial charge < -0.3 is 0 Å². The van der Waals surface area contributed by atoms with E-state index >= 15 is 0 Å². The van der Waals surface area contributed by atoms with Gasteiger partial charge in [0.1, 0.15) is 9.88 Å². The molecule has 0 fully saturated rings. The summed E-state index contributed by atoms with van der Waals surface area (Å²) in [4.78, 5) is 17.3. The van der Waals surface area contributed by atoms with Crippen LogP contribution in [-0.4, -0.2) is 17.1 Å². The average Bonchev–Trinajstić information content (AvgIpc) is 3.01. The monoisotopic (exact) mass is 389 g/mol. The minimum absolute atomic E-state index is 0.298. The molecule has 7 heteroatoms. The minimum Gasteiger partial charge on any atom is -0.266 e. The number of halogens is 2. The van der Waals surface area contributed by atoms with Gasteiger partial charge in [0.25, 0.3) is 5.91 Å². The summed E-state index contributed by atoms with van der Waals surface area (Å²) in [5, 5.41) is 5.67. The van der Waals surface area contributed by atoms with E-state index in [0.717, 1.165) is 16.1 Å². The van der Waals surface area contributed by atoms with Gasteiger partial charge in [-0.3, -0.25) is 4.79 Å². The van der Waals surface area contributed by atoms with E-state index in [2.05, 4.69) is 15.5 Å². The molecule has 0 aliphatic heterocycles. The first-order valence-electron chi connectivity index (χ1n) is 7.36. The molecule has 0 saturated heterocycles. The first kappa shape index (κ1) is 17.6. The molecular weight excluding hydrogens is 377 g/mol. The summed E-state index contributed by atoms with van der Waals surface area (Å²) in [6.45, 7) is 1.81. The van der Waals surface area contributed by atoms with Gasteiger partial charge >= 0.3 is 0 Å². The number of hydrogen-bond donors (Lipinski definition) is 1. The van der Waals surface area contributed by atoms with Gasteiger partial charge in [-0.2, -0.15) is 5.10 Å². The number of carbonyl (C=O) groups excluding carboxylic acids is 1. The van der Waals surface area contributed by atoms with Crippen molar-refractivity contribution in [3.05, 3.63) is 74.7 Å². The van der Waals surface area contributed by atoms with Crippen molar-refractivity contribution < 1.29 is 4.79 Å². The predicted molar refractivity (Wildman–Crippen MR) is 104 cm³/mol. The largest absolute Gasteiger partial charge is 0.283 e. The quantitative estimate of drug-likeness (QED) is 0.492. The van der Waals surface area contributed by atoms with E-state index in [0.29, 0.717) is 20.6 Å². The Morgan fingerprint density at radius 3 is 2.64 bits per heavy atom. The highest BCUT2D eigenvalue weighted by Gasteiger charge is 2.15. The smallest absolute Gasteiger partial charge is 0.266 e. The number of nitrogens with one attached hydrogen (secondary N) is 1. The molecule has 1 aromatic heterocycles. The Morgan fingerprint density at radius 2 is 1.92 bits per heavy atom. The molecule has 1 N–H and O–H groups in total. The van der Waals surface area contributed by atoms with E-state index < -0.39 is 0 Å². The zero-order valence-electron chi connectivity index (χ0n) is 13.2. The van der Waals surface area contributed by atoms with E-state index in [9.17, 15) is 4.79 Å². The van der Waals surface area contributed by atoms with E-state index in [1.54, 1.807) is 25.1 Å². The number of benzene rings is 2. The van der Waals surface area contributed by atoms with E-state index in [1.165, 1.54) is 17.6 Å². The molecule has 0 unspecified atom stereocenters. The number of rotatable bonds is 4. The fourth-order valence-corrected chi connectivity index (χ4v) is 3.39. The van der Waals surface area contributed by atoms with Crippen LogP contribution in [0.2, 0.25) is 10.0 Å². The molecule has 126 valence electrons. The topological polar surface area (TPSA) is 54.4 Å². The summed E-state index contributed by atoms with van der Waals surface area (Å²) in [6, 6.07) is 14.8. The summed E-state index contributed by atoms with van der Waals surface area (Å²) in [7, 11) is 0. The molecule has 0 spiro atoms. The van der Waals surface area contributed by atoms with Gasteiger partial charge in [-0.1, -0.05) is 59.6 Å². The number of thiazole rings is 1. The lowest BCUT2D eigenvalue weighted by molar-refractivity contribution is 0.0958. The Balaban J connectivity index is 1.72. The predicted octanol–water partition coefficient (Wildman–Crippen LogP) is 5.19. The van der Waals surface area contributed by atoms with Gasteiger partial charge in [0.15, 0.2) is 0 Å². The summed E-state index contributed by atoms with van der Waals surface area (Å²) < 4.78 is 0. The minimum atomic E-state index is -0.298. The van der Waals surface area contributed by atoms with Crippen LogP contribution in [0.15, 0.2) is 53.6 Å². The molecular formula is C18H13Cl2N3OS. The highest BCUT2D eigenvalue weighted by molar-refractivity contribution is 7.17. The van der Waals surface area contributed by atoms with Gasteiger partial charge in [0.05, 0.1) is 22.0 Å². The first-order valence-corrected chi connectivity index (χ1v) is 8.93. The molecule has 0 radical (unpaired) electrons. The number of amides is 1. The Kier molecular flexibility index (Phi) is 5.48. The van der Waals surface area contributed by atoms with Crippen molar-refractivity contribution in [2.75, 3.05) is 0 Å². The molecule has 3 aromatic rings. The third kappa shape index (κ3) is 4.25. The van der Waals surface area contributed by atoms with Crippen molar-refractivity contribution in [2.45, 2.75) is 6.92 Å². The van der Waals surface area contributed by atoms with Crippen LogP contribution < -0.4 is 5.43 Å². The normalized spacial score (nSPS) is 11.0. The highest BCUT2D eigenvalue weighted by atomic mass is 35.5. The number of carbonyl (C=O) groups is 1. The SMILES string of the molecule is Cc1nc(-c2ccccc2)sc1C(=O)N/N=C/c1ccc(Cl)c(Cl)c1. The Bertz CT molecular complexity index is 939. The molecule has 0 saturated carbocycles. The van der Waals surface area contributed by atoms with Crippen molar-refractivity contribution in [1.82, 2.24) is 10.4 Å². The van der Waals surface area contributed by atoms with Crippen molar-refractivity contribution in [3.63, 3.8) is 0 Å². The van der Waals surface area contributed by atoms with Crippen LogP contribution in [0.1, 0.15) is 20.9 Å².